The second-order valence-corrected chi connectivity index (χ2v) is 4.08. The molecule has 0 atom stereocenters. The van der Waals surface area contributed by atoms with E-state index < -0.39 is 0 Å². The molecular weight excluding hydrogens is 224 g/mol. The molecule has 18 heavy (non-hydrogen) atoms. The number of carbonyl (C=O) groups is 1. The summed E-state index contributed by atoms with van der Waals surface area (Å²) in [6.07, 6.45) is 0.635. The third-order valence-electron chi connectivity index (χ3n) is 3.03. The van der Waals surface area contributed by atoms with Crippen molar-refractivity contribution in [3.05, 3.63) is 54.6 Å². The van der Waals surface area contributed by atoms with Crippen molar-refractivity contribution in [2.24, 2.45) is 0 Å². The predicted octanol–water partition coefficient (Wildman–Crippen LogP) is 3.07. The fraction of sp³-hybridized carbons (Fsp3) is 0. The summed E-state index contributed by atoms with van der Waals surface area (Å²) in [4.78, 5) is 10.5. The van der Waals surface area contributed by atoms with Crippen LogP contribution in [-0.4, -0.2) is 6.41 Å². The van der Waals surface area contributed by atoms with Gasteiger partial charge in [0.1, 0.15) is 0 Å². The molecule has 0 aliphatic rings. The summed E-state index contributed by atoms with van der Waals surface area (Å²) in [6, 6.07) is 18.3. The van der Waals surface area contributed by atoms with Crippen molar-refractivity contribution in [3.63, 3.8) is 0 Å². The lowest BCUT2D eigenvalue weighted by atomic mass is 10.0. The summed E-state index contributed by atoms with van der Waals surface area (Å²) in [5.74, 6) is 0. The Morgan fingerprint density at radius 1 is 0.833 bits per heavy atom. The Morgan fingerprint density at radius 2 is 1.39 bits per heavy atom. The van der Waals surface area contributed by atoms with Crippen LogP contribution in [-0.2, 0) is 4.79 Å². The Morgan fingerprint density at radius 3 is 1.94 bits per heavy atom. The van der Waals surface area contributed by atoms with E-state index in [1.807, 2.05) is 36.4 Å². The number of carbonyl (C=O) groups excluding carboxylic acids is 1. The van der Waals surface area contributed by atoms with Crippen LogP contribution >= 0.6 is 0 Å². The van der Waals surface area contributed by atoms with Crippen LogP contribution in [0.3, 0.4) is 0 Å². The maximum atomic E-state index is 10.5. The number of hydrogen-bond donors (Lipinski definition) is 2. The number of benzene rings is 3. The molecule has 3 aromatic carbocycles. The Kier molecular flexibility index (Phi) is 2.57. The van der Waals surface area contributed by atoms with E-state index in [2.05, 4.69) is 29.1 Å². The molecule has 3 heteroatoms. The zero-order valence-corrected chi connectivity index (χ0v) is 9.68. The van der Waals surface area contributed by atoms with Crippen LogP contribution in [0.2, 0.25) is 0 Å². The van der Waals surface area contributed by atoms with Crippen LogP contribution in [0.15, 0.2) is 54.6 Å². The van der Waals surface area contributed by atoms with E-state index in [0.29, 0.717) is 6.41 Å². The summed E-state index contributed by atoms with van der Waals surface area (Å²) >= 11 is 0. The minimum Gasteiger partial charge on any atom is -0.298 e. The number of hydrogen-bond acceptors (Lipinski definition) is 2. The summed E-state index contributed by atoms with van der Waals surface area (Å²) < 4.78 is 0. The monoisotopic (exact) mass is 236 g/mol. The quantitative estimate of drug-likeness (QED) is 0.417. The van der Waals surface area contributed by atoms with Gasteiger partial charge in [0.25, 0.3) is 0 Å². The molecule has 0 saturated heterocycles. The average Bonchev–Trinajstić information content (AvgIpc) is 2.43. The topological polar surface area (TPSA) is 41.1 Å². The molecular formula is C15H12N2O. The molecule has 0 bridgehead atoms. The van der Waals surface area contributed by atoms with E-state index in [0.717, 1.165) is 27.2 Å². The van der Waals surface area contributed by atoms with Gasteiger partial charge in [0.15, 0.2) is 0 Å². The fourth-order valence-corrected chi connectivity index (χ4v) is 2.25. The summed E-state index contributed by atoms with van der Waals surface area (Å²) in [5.41, 5.74) is 6.41. The molecule has 0 unspecified atom stereocenters. The van der Waals surface area contributed by atoms with Crippen molar-refractivity contribution in [2.45, 2.75) is 0 Å². The maximum Gasteiger partial charge on any atom is 0.225 e. The largest absolute Gasteiger partial charge is 0.298 e. The van der Waals surface area contributed by atoms with Gasteiger partial charge < -0.3 is 0 Å². The zero-order chi connectivity index (χ0) is 12.4. The highest BCUT2D eigenvalue weighted by molar-refractivity contribution is 6.10. The molecule has 0 spiro atoms. The number of nitrogens with one attached hydrogen (secondary N) is 2. The Labute approximate surface area is 104 Å². The first kappa shape index (κ1) is 10.6. The fourth-order valence-electron chi connectivity index (χ4n) is 2.25. The second kappa shape index (κ2) is 4.37. The summed E-state index contributed by atoms with van der Waals surface area (Å²) in [7, 11) is 0. The number of fused-ring (bicyclic) bond motifs is 2. The average molecular weight is 236 g/mol. The van der Waals surface area contributed by atoms with Crippen molar-refractivity contribution in [1.82, 2.24) is 5.43 Å². The number of anilines is 1. The molecule has 0 saturated carbocycles. The Balaban J connectivity index is 2.37. The van der Waals surface area contributed by atoms with E-state index >= 15 is 0 Å². The minimum absolute atomic E-state index is 0.635. The van der Waals surface area contributed by atoms with Gasteiger partial charge in [-0.25, -0.2) is 0 Å². The molecule has 3 aromatic rings. The molecule has 0 radical (unpaired) electrons. The smallest absolute Gasteiger partial charge is 0.225 e. The van der Waals surface area contributed by atoms with Gasteiger partial charge in [-0.2, -0.15) is 0 Å². The molecule has 88 valence electrons. The predicted molar refractivity (Wildman–Crippen MR) is 74.3 cm³/mol. The van der Waals surface area contributed by atoms with Crippen molar-refractivity contribution in [1.29, 1.82) is 0 Å². The van der Waals surface area contributed by atoms with Crippen LogP contribution in [0.1, 0.15) is 0 Å². The van der Waals surface area contributed by atoms with Gasteiger partial charge >= 0.3 is 0 Å². The van der Waals surface area contributed by atoms with Gasteiger partial charge in [0.2, 0.25) is 6.41 Å². The third-order valence-corrected chi connectivity index (χ3v) is 3.03. The van der Waals surface area contributed by atoms with Crippen LogP contribution in [0.5, 0.6) is 0 Å². The van der Waals surface area contributed by atoms with E-state index in [9.17, 15) is 4.79 Å². The van der Waals surface area contributed by atoms with Crippen LogP contribution in [0, 0.1) is 0 Å². The van der Waals surface area contributed by atoms with Gasteiger partial charge in [0, 0.05) is 10.8 Å². The first-order valence-electron chi connectivity index (χ1n) is 5.76. The highest BCUT2D eigenvalue weighted by atomic mass is 16.1. The van der Waals surface area contributed by atoms with Gasteiger partial charge in [0.05, 0.1) is 5.69 Å². The van der Waals surface area contributed by atoms with Gasteiger partial charge in [-0.15, -0.1) is 0 Å². The molecule has 2 N–H and O–H groups in total. The van der Waals surface area contributed by atoms with E-state index in [1.165, 1.54) is 0 Å². The summed E-state index contributed by atoms with van der Waals surface area (Å²) in [5, 5.41) is 4.47. The van der Waals surface area contributed by atoms with E-state index in [4.69, 9.17) is 0 Å². The number of rotatable bonds is 3. The normalized spacial score (nSPS) is 10.4. The van der Waals surface area contributed by atoms with Crippen LogP contribution in [0.4, 0.5) is 5.69 Å². The lowest BCUT2D eigenvalue weighted by Gasteiger charge is -2.12. The highest BCUT2D eigenvalue weighted by Gasteiger charge is 2.05. The lowest BCUT2D eigenvalue weighted by molar-refractivity contribution is -0.109. The standard InChI is InChI=1S/C15H12N2O/c18-10-16-17-15-13-7-3-1-5-11(13)9-12-6-2-4-8-14(12)15/h1-10,17H,(H,16,18). The second-order valence-electron chi connectivity index (χ2n) is 4.08. The third kappa shape index (κ3) is 1.66. The van der Waals surface area contributed by atoms with Crippen molar-refractivity contribution < 1.29 is 4.79 Å². The molecule has 1 amide bonds. The summed E-state index contributed by atoms with van der Waals surface area (Å²) in [6.45, 7) is 0. The SMILES string of the molecule is O=CNNc1c2ccccc2cc2ccccc12. The van der Waals surface area contributed by atoms with Gasteiger partial charge in [-0.05, 0) is 16.8 Å². The van der Waals surface area contributed by atoms with Crippen LogP contribution < -0.4 is 10.9 Å². The van der Waals surface area contributed by atoms with Crippen LogP contribution in [0.25, 0.3) is 21.5 Å². The number of hydrazine groups is 1. The van der Waals surface area contributed by atoms with Crippen molar-refractivity contribution in [2.75, 3.05) is 5.43 Å². The first-order chi connectivity index (χ1) is 8.90. The number of amides is 1. The zero-order valence-electron chi connectivity index (χ0n) is 9.68. The molecule has 0 fully saturated rings. The van der Waals surface area contributed by atoms with Crippen molar-refractivity contribution in [3.8, 4) is 0 Å². The maximum absolute atomic E-state index is 10.5. The molecule has 3 nitrogen and oxygen atoms in total. The molecule has 3 rings (SSSR count). The Hall–Kier alpha value is -2.55. The van der Waals surface area contributed by atoms with E-state index in [1.54, 1.807) is 0 Å². The van der Waals surface area contributed by atoms with Gasteiger partial charge in [-0.3, -0.25) is 15.6 Å². The molecule has 0 heterocycles. The van der Waals surface area contributed by atoms with Gasteiger partial charge in [-0.1, -0.05) is 48.5 Å². The first-order valence-corrected chi connectivity index (χ1v) is 5.76. The highest BCUT2D eigenvalue weighted by Crippen LogP contribution is 2.32. The van der Waals surface area contributed by atoms with E-state index in [-0.39, 0.29) is 0 Å². The molecule has 0 aliphatic carbocycles. The lowest BCUT2D eigenvalue weighted by Crippen LogP contribution is -2.19. The Bertz CT molecular complexity index is 668. The molecule has 0 aliphatic heterocycles. The van der Waals surface area contributed by atoms with Crippen molar-refractivity contribution >= 4 is 33.6 Å². The molecule has 0 aromatic heterocycles. The minimum atomic E-state index is 0.635.